The van der Waals surface area contributed by atoms with Crippen LogP contribution in [0.4, 0.5) is 0 Å². The van der Waals surface area contributed by atoms with Gasteiger partial charge in [0.25, 0.3) is 5.56 Å². The third kappa shape index (κ3) is 4.72. The van der Waals surface area contributed by atoms with Gasteiger partial charge in [-0.3, -0.25) is 9.36 Å². The van der Waals surface area contributed by atoms with Gasteiger partial charge in [0.1, 0.15) is 23.3 Å². The van der Waals surface area contributed by atoms with Crippen LogP contribution in [0.5, 0.6) is 5.75 Å². The van der Waals surface area contributed by atoms with E-state index in [4.69, 9.17) is 13.9 Å². The molecule has 2 aromatic carbocycles. The van der Waals surface area contributed by atoms with Crippen molar-refractivity contribution in [3.05, 3.63) is 107 Å². The molecule has 7 nitrogen and oxygen atoms in total. The number of allylic oxidation sites excluding steroid dienone is 1. The lowest BCUT2D eigenvalue weighted by Crippen LogP contribution is -2.40. The number of rotatable bonds is 6. The minimum atomic E-state index is -0.747. The molecule has 4 aromatic rings. The van der Waals surface area contributed by atoms with E-state index in [-0.39, 0.29) is 12.2 Å². The maximum atomic E-state index is 13.8. The Kier molecular flexibility index (Phi) is 6.99. The van der Waals surface area contributed by atoms with E-state index in [9.17, 15) is 9.59 Å². The van der Waals surface area contributed by atoms with Gasteiger partial charge in [0.05, 0.1) is 29.5 Å². The number of benzene rings is 2. The Morgan fingerprint density at radius 1 is 1.16 bits per heavy atom. The number of nitrogens with zero attached hydrogens (tertiary/aromatic N) is 2. The predicted octanol–water partition coefficient (Wildman–Crippen LogP) is 4.83. The lowest BCUT2D eigenvalue weighted by molar-refractivity contribution is -0.139. The molecule has 1 unspecified atom stereocenters. The lowest BCUT2D eigenvalue weighted by Gasteiger charge is -2.25. The second kappa shape index (κ2) is 10.4. The molecule has 0 radical (unpaired) electrons. The Balaban J connectivity index is 1.66. The number of hydrogen-bond donors (Lipinski definition) is 0. The van der Waals surface area contributed by atoms with Crippen molar-refractivity contribution in [2.24, 2.45) is 4.99 Å². The zero-order chi connectivity index (χ0) is 26.1. The third-order valence-corrected chi connectivity index (χ3v) is 7.49. The first kappa shape index (κ1) is 25.0. The molecule has 3 heterocycles. The Labute approximate surface area is 225 Å². The average Bonchev–Trinajstić information content (AvgIpc) is 3.48. The summed E-state index contributed by atoms with van der Waals surface area (Å²) in [4.78, 5) is 31.9. The standard InChI is InChI=1S/C28H23BrN2O5S/c1-4-35-27(33)24-16(2)30-28-31(25(24)20-7-5-6-8-22(20)34-3)26(32)23(37-28)15-19-13-14-21(36-19)17-9-11-18(29)12-10-17/h5-15,25H,4H2,1-3H3/b23-15+. The molecule has 1 aliphatic heterocycles. The molecule has 0 fully saturated rings. The molecular weight excluding hydrogens is 556 g/mol. The summed E-state index contributed by atoms with van der Waals surface area (Å²) in [6, 6.07) is 18.1. The van der Waals surface area contributed by atoms with Crippen LogP contribution in [0, 0.1) is 0 Å². The summed E-state index contributed by atoms with van der Waals surface area (Å²) in [6.07, 6.45) is 1.70. The van der Waals surface area contributed by atoms with Gasteiger partial charge in [-0.2, -0.15) is 0 Å². The molecule has 188 valence electrons. The van der Waals surface area contributed by atoms with Crippen LogP contribution in [-0.2, 0) is 9.53 Å². The molecule has 0 N–H and O–H groups in total. The lowest BCUT2D eigenvalue weighted by atomic mass is 9.95. The Morgan fingerprint density at radius 3 is 2.65 bits per heavy atom. The first-order valence-corrected chi connectivity index (χ1v) is 13.2. The molecule has 0 saturated carbocycles. The van der Waals surface area contributed by atoms with Crippen LogP contribution in [0.1, 0.15) is 31.2 Å². The van der Waals surface area contributed by atoms with Crippen molar-refractivity contribution in [2.75, 3.05) is 13.7 Å². The monoisotopic (exact) mass is 578 g/mol. The van der Waals surface area contributed by atoms with Crippen molar-refractivity contribution in [1.82, 2.24) is 4.57 Å². The second-order valence-electron chi connectivity index (χ2n) is 8.25. The van der Waals surface area contributed by atoms with Crippen LogP contribution < -0.4 is 19.6 Å². The van der Waals surface area contributed by atoms with E-state index in [0.29, 0.717) is 43.4 Å². The number of furan rings is 1. The number of halogens is 1. The van der Waals surface area contributed by atoms with Crippen molar-refractivity contribution in [1.29, 1.82) is 0 Å². The highest BCUT2D eigenvalue weighted by Gasteiger charge is 2.34. The van der Waals surface area contributed by atoms with Crippen LogP contribution in [0.2, 0.25) is 0 Å². The van der Waals surface area contributed by atoms with Crippen LogP contribution in [0.15, 0.2) is 90.6 Å². The van der Waals surface area contributed by atoms with Gasteiger partial charge in [-0.15, -0.1) is 0 Å². The van der Waals surface area contributed by atoms with Crippen LogP contribution in [0.25, 0.3) is 17.4 Å². The minimum Gasteiger partial charge on any atom is -0.496 e. The molecule has 0 bridgehead atoms. The highest BCUT2D eigenvalue weighted by molar-refractivity contribution is 9.10. The molecule has 1 atom stereocenters. The van der Waals surface area contributed by atoms with E-state index in [2.05, 4.69) is 20.9 Å². The Morgan fingerprint density at radius 2 is 1.92 bits per heavy atom. The first-order chi connectivity index (χ1) is 17.9. The van der Waals surface area contributed by atoms with E-state index in [1.165, 1.54) is 15.9 Å². The molecule has 37 heavy (non-hydrogen) atoms. The summed E-state index contributed by atoms with van der Waals surface area (Å²) in [5, 5.41) is 0. The van der Waals surface area contributed by atoms with Gasteiger partial charge in [-0.05, 0) is 44.2 Å². The molecule has 0 amide bonds. The molecule has 1 aliphatic rings. The van der Waals surface area contributed by atoms with Crippen LogP contribution in [-0.4, -0.2) is 24.3 Å². The summed E-state index contributed by atoms with van der Waals surface area (Å²) in [7, 11) is 1.56. The van der Waals surface area contributed by atoms with Gasteiger partial charge in [-0.25, -0.2) is 9.79 Å². The predicted molar refractivity (Wildman–Crippen MR) is 145 cm³/mol. The molecule has 2 aromatic heterocycles. The van der Waals surface area contributed by atoms with E-state index < -0.39 is 12.0 Å². The van der Waals surface area contributed by atoms with Crippen LogP contribution >= 0.6 is 27.3 Å². The van der Waals surface area contributed by atoms with E-state index >= 15 is 0 Å². The molecule has 0 spiro atoms. The largest absolute Gasteiger partial charge is 0.496 e. The maximum Gasteiger partial charge on any atom is 0.338 e. The highest BCUT2D eigenvalue weighted by Crippen LogP contribution is 2.35. The van der Waals surface area contributed by atoms with Gasteiger partial charge < -0.3 is 13.9 Å². The smallest absolute Gasteiger partial charge is 0.338 e. The van der Waals surface area contributed by atoms with Crippen LogP contribution in [0.3, 0.4) is 0 Å². The normalized spacial score (nSPS) is 15.4. The van der Waals surface area contributed by atoms with Gasteiger partial charge in [0.2, 0.25) is 0 Å². The number of carbonyl (C=O) groups excluding carboxylic acids is 1. The SMILES string of the molecule is CCOC(=O)C1=C(C)N=c2s/c(=C/c3ccc(-c4ccc(Br)cc4)o3)c(=O)n2C1c1ccccc1OC. The molecule has 0 aliphatic carbocycles. The number of methoxy groups -OCH3 is 1. The number of thiazole rings is 1. The fourth-order valence-electron chi connectivity index (χ4n) is 4.31. The van der Waals surface area contributed by atoms with Gasteiger partial charge in [0.15, 0.2) is 4.80 Å². The summed E-state index contributed by atoms with van der Waals surface area (Å²) in [5.74, 6) is 1.28. The molecule has 9 heteroatoms. The second-order valence-corrected chi connectivity index (χ2v) is 10.2. The summed E-state index contributed by atoms with van der Waals surface area (Å²) in [5.41, 5.74) is 2.12. The van der Waals surface area contributed by atoms with Crippen molar-refractivity contribution in [3.63, 3.8) is 0 Å². The Bertz CT molecular complexity index is 1700. The molecular formula is C28H23BrN2O5S. The summed E-state index contributed by atoms with van der Waals surface area (Å²) < 4.78 is 19.9. The molecule has 0 saturated heterocycles. The van der Waals surface area contributed by atoms with Crippen molar-refractivity contribution >= 4 is 39.3 Å². The van der Waals surface area contributed by atoms with Gasteiger partial charge in [-0.1, -0.05) is 57.6 Å². The topological polar surface area (TPSA) is 83.0 Å². The van der Waals surface area contributed by atoms with E-state index in [0.717, 1.165) is 10.0 Å². The molecule has 5 rings (SSSR count). The maximum absolute atomic E-state index is 13.8. The van der Waals surface area contributed by atoms with Crippen molar-refractivity contribution in [3.8, 4) is 17.1 Å². The number of aromatic nitrogens is 1. The number of para-hydroxylation sites is 1. The zero-order valence-electron chi connectivity index (χ0n) is 20.4. The van der Waals surface area contributed by atoms with E-state index in [1.54, 1.807) is 33.1 Å². The zero-order valence-corrected chi connectivity index (χ0v) is 22.8. The minimum absolute atomic E-state index is 0.206. The number of fused-ring (bicyclic) bond motifs is 1. The van der Waals surface area contributed by atoms with Gasteiger partial charge >= 0.3 is 5.97 Å². The highest BCUT2D eigenvalue weighted by atomic mass is 79.9. The number of ether oxygens (including phenoxy) is 2. The number of carbonyl (C=O) groups is 1. The average molecular weight is 579 g/mol. The van der Waals surface area contributed by atoms with Crippen molar-refractivity contribution < 1.29 is 18.7 Å². The van der Waals surface area contributed by atoms with Gasteiger partial charge in [0, 0.05) is 21.7 Å². The third-order valence-electron chi connectivity index (χ3n) is 5.98. The number of esters is 1. The van der Waals surface area contributed by atoms with E-state index in [1.807, 2.05) is 54.6 Å². The fourth-order valence-corrected chi connectivity index (χ4v) is 5.60. The first-order valence-electron chi connectivity index (χ1n) is 11.6. The number of hydrogen-bond acceptors (Lipinski definition) is 7. The summed E-state index contributed by atoms with van der Waals surface area (Å²) in [6.45, 7) is 3.70. The van der Waals surface area contributed by atoms with Crippen molar-refractivity contribution in [2.45, 2.75) is 19.9 Å². The quantitative estimate of drug-likeness (QED) is 0.306. The fraction of sp³-hybridized carbons (Fsp3) is 0.179. The summed E-state index contributed by atoms with van der Waals surface area (Å²) >= 11 is 4.68. The Hall–Kier alpha value is -3.69.